The van der Waals surface area contributed by atoms with Crippen molar-refractivity contribution in [3.63, 3.8) is 0 Å². The standard InChI is InChI=1S/C25H24F2N2O/c1-25(2,3)17-8-6-16(7-9-17)23-19(12-14-29-13-4-5-22(23)29)24(30)28-21-11-10-18(26)15-20(21)27/h4-11,13,15H,12,14H2,1-3H3,(H,28,30). The second-order valence-electron chi connectivity index (χ2n) is 8.60. The Labute approximate surface area is 175 Å². The van der Waals surface area contributed by atoms with Crippen molar-refractivity contribution in [1.29, 1.82) is 0 Å². The lowest BCUT2D eigenvalue weighted by Crippen LogP contribution is -2.22. The van der Waals surface area contributed by atoms with Crippen molar-refractivity contribution in [2.75, 3.05) is 5.32 Å². The van der Waals surface area contributed by atoms with Crippen LogP contribution in [0.25, 0.3) is 5.57 Å². The Hall–Kier alpha value is -3.21. The first kappa shape index (κ1) is 20.1. The van der Waals surface area contributed by atoms with Gasteiger partial charge in [0.2, 0.25) is 0 Å². The molecule has 1 aliphatic rings. The molecule has 154 valence electrons. The van der Waals surface area contributed by atoms with Crippen molar-refractivity contribution >= 4 is 17.2 Å². The van der Waals surface area contributed by atoms with Crippen LogP contribution in [0, 0.1) is 11.6 Å². The van der Waals surface area contributed by atoms with Gasteiger partial charge >= 0.3 is 0 Å². The topological polar surface area (TPSA) is 34.0 Å². The maximum atomic E-state index is 14.1. The van der Waals surface area contributed by atoms with E-state index in [0.717, 1.165) is 29.0 Å². The van der Waals surface area contributed by atoms with Gasteiger partial charge in [-0.2, -0.15) is 0 Å². The number of anilines is 1. The molecule has 0 unspecified atom stereocenters. The minimum Gasteiger partial charge on any atom is -0.347 e. The van der Waals surface area contributed by atoms with E-state index in [4.69, 9.17) is 0 Å². The predicted molar refractivity (Wildman–Crippen MR) is 115 cm³/mol. The van der Waals surface area contributed by atoms with Crippen molar-refractivity contribution in [2.24, 2.45) is 0 Å². The lowest BCUT2D eigenvalue weighted by atomic mass is 9.85. The van der Waals surface area contributed by atoms with Gasteiger partial charge in [-0.15, -0.1) is 0 Å². The zero-order chi connectivity index (χ0) is 21.5. The van der Waals surface area contributed by atoms with Gasteiger partial charge in [-0.25, -0.2) is 8.78 Å². The molecule has 1 amide bonds. The fourth-order valence-corrected chi connectivity index (χ4v) is 3.82. The molecule has 0 atom stereocenters. The molecule has 2 heterocycles. The molecule has 0 bridgehead atoms. The molecule has 4 rings (SSSR count). The van der Waals surface area contributed by atoms with Gasteiger partial charge in [0.05, 0.1) is 5.69 Å². The van der Waals surface area contributed by atoms with E-state index >= 15 is 0 Å². The number of halogens is 2. The third-order valence-corrected chi connectivity index (χ3v) is 5.48. The quantitative estimate of drug-likeness (QED) is 0.577. The lowest BCUT2D eigenvalue weighted by Gasteiger charge is -2.24. The van der Waals surface area contributed by atoms with Crippen molar-refractivity contribution < 1.29 is 13.6 Å². The maximum absolute atomic E-state index is 14.1. The minimum absolute atomic E-state index is 0.0278. The van der Waals surface area contributed by atoms with Crippen molar-refractivity contribution in [3.05, 3.63) is 94.8 Å². The number of rotatable bonds is 3. The number of nitrogens with one attached hydrogen (secondary N) is 1. The molecule has 3 nitrogen and oxygen atoms in total. The Morgan fingerprint density at radius 3 is 2.43 bits per heavy atom. The first-order valence-electron chi connectivity index (χ1n) is 10.00. The van der Waals surface area contributed by atoms with Gasteiger partial charge < -0.3 is 9.88 Å². The van der Waals surface area contributed by atoms with E-state index in [1.165, 1.54) is 11.6 Å². The summed E-state index contributed by atoms with van der Waals surface area (Å²) in [7, 11) is 0. The number of hydrogen-bond acceptors (Lipinski definition) is 1. The summed E-state index contributed by atoms with van der Waals surface area (Å²) in [5, 5.41) is 2.62. The van der Waals surface area contributed by atoms with E-state index in [2.05, 4.69) is 42.8 Å². The van der Waals surface area contributed by atoms with Crippen molar-refractivity contribution in [2.45, 2.75) is 39.2 Å². The first-order valence-corrected chi connectivity index (χ1v) is 10.00. The highest BCUT2D eigenvalue weighted by Gasteiger charge is 2.25. The Morgan fingerprint density at radius 1 is 1.03 bits per heavy atom. The molecule has 0 spiro atoms. The molecule has 5 heteroatoms. The number of hydrogen-bond donors (Lipinski definition) is 1. The zero-order valence-electron chi connectivity index (χ0n) is 17.3. The van der Waals surface area contributed by atoms with Gasteiger partial charge in [0, 0.05) is 35.6 Å². The molecule has 1 aliphatic heterocycles. The number of carbonyl (C=O) groups excluding carboxylic acids is 1. The van der Waals surface area contributed by atoms with Crippen LogP contribution >= 0.6 is 0 Å². The molecule has 0 saturated carbocycles. The van der Waals surface area contributed by atoms with Crippen LogP contribution in [0.5, 0.6) is 0 Å². The minimum atomic E-state index is -0.792. The summed E-state index contributed by atoms with van der Waals surface area (Å²) in [5.74, 6) is -1.85. The molecule has 1 N–H and O–H groups in total. The molecule has 3 aromatic rings. The second-order valence-corrected chi connectivity index (χ2v) is 8.60. The lowest BCUT2D eigenvalue weighted by molar-refractivity contribution is -0.113. The normalized spacial score (nSPS) is 13.9. The second kappa shape index (κ2) is 7.56. The smallest absolute Gasteiger partial charge is 0.252 e. The van der Waals surface area contributed by atoms with Crippen LogP contribution in [0.3, 0.4) is 0 Å². The van der Waals surface area contributed by atoms with E-state index in [0.29, 0.717) is 18.5 Å². The summed E-state index contributed by atoms with van der Waals surface area (Å²) in [5.41, 5.74) is 4.52. The third-order valence-electron chi connectivity index (χ3n) is 5.48. The molecular formula is C25H24F2N2O. The summed E-state index contributed by atoms with van der Waals surface area (Å²) < 4.78 is 29.4. The summed E-state index contributed by atoms with van der Waals surface area (Å²) in [6.07, 6.45) is 2.51. The summed E-state index contributed by atoms with van der Waals surface area (Å²) in [6.45, 7) is 7.13. The monoisotopic (exact) mass is 406 g/mol. The Morgan fingerprint density at radius 2 is 1.77 bits per heavy atom. The Balaban J connectivity index is 1.77. The highest BCUT2D eigenvalue weighted by atomic mass is 19.1. The molecule has 0 saturated heterocycles. The average molecular weight is 406 g/mol. The number of benzene rings is 2. The maximum Gasteiger partial charge on any atom is 0.252 e. The van der Waals surface area contributed by atoms with Crippen LogP contribution in [-0.4, -0.2) is 10.5 Å². The molecule has 0 radical (unpaired) electrons. The first-order chi connectivity index (χ1) is 14.2. The molecule has 2 aromatic carbocycles. The van der Waals surface area contributed by atoms with E-state index in [-0.39, 0.29) is 17.0 Å². The molecule has 30 heavy (non-hydrogen) atoms. The number of fused-ring (bicyclic) bond motifs is 1. The number of aromatic nitrogens is 1. The number of nitrogens with zero attached hydrogens (tertiary/aromatic N) is 1. The predicted octanol–water partition coefficient (Wildman–Crippen LogP) is 5.91. The molecule has 1 aromatic heterocycles. The van der Waals surface area contributed by atoms with Gasteiger partial charge in [-0.05, 0) is 47.2 Å². The van der Waals surface area contributed by atoms with Crippen LogP contribution in [0.2, 0.25) is 0 Å². The molecule has 0 aliphatic carbocycles. The van der Waals surface area contributed by atoms with Crippen molar-refractivity contribution in [3.8, 4) is 0 Å². The van der Waals surface area contributed by atoms with Crippen LogP contribution < -0.4 is 5.32 Å². The van der Waals surface area contributed by atoms with Gasteiger partial charge in [-0.1, -0.05) is 45.0 Å². The van der Waals surface area contributed by atoms with E-state index in [9.17, 15) is 13.6 Å². The summed E-state index contributed by atoms with van der Waals surface area (Å²) in [6, 6.07) is 15.3. The van der Waals surface area contributed by atoms with E-state index < -0.39 is 11.6 Å². The highest BCUT2D eigenvalue weighted by Crippen LogP contribution is 2.35. The third kappa shape index (κ3) is 3.80. The van der Waals surface area contributed by atoms with Gasteiger partial charge in [0.25, 0.3) is 5.91 Å². The number of carbonyl (C=O) groups is 1. The van der Waals surface area contributed by atoms with E-state index in [1.54, 1.807) is 0 Å². The number of aryl methyl sites for hydroxylation is 1. The molecule has 0 fully saturated rings. The van der Waals surface area contributed by atoms with Crippen LogP contribution in [-0.2, 0) is 16.8 Å². The zero-order valence-corrected chi connectivity index (χ0v) is 17.3. The largest absolute Gasteiger partial charge is 0.347 e. The van der Waals surface area contributed by atoms with Gasteiger partial charge in [-0.3, -0.25) is 4.79 Å². The van der Waals surface area contributed by atoms with Crippen LogP contribution in [0.1, 0.15) is 44.0 Å². The van der Waals surface area contributed by atoms with Gasteiger partial charge in [0.15, 0.2) is 0 Å². The fraction of sp³-hybridized carbons (Fsp3) is 0.240. The van der Waals surface area contributed by atoms with Crippen molar-refractivity contribution in [1.82, 2.24) is 4.57 Å². The van der Waals surface area contributed by atoms with Crippen LogP contribution in [0.4, 0.5) is 14.5 Å². The Kier molecular flexibility index (Phi) is 5.06. The summed E-state index contributed by atoms with van der Waals surface area (Å²) >= 11 is 0. The van der Waals surface area contributed by atoms with E-state index in [1.807, 2.05) is 30.5 Å². The highest BCUT2D eigenvalue weighted by molar-refractivity contribution is 6.11. The Bertz CT molecular complexity index is 1130. The average Bonchev–Trinajstić information content (AvgIpc) is 3.17. The fourth-order valence-electron chi connectivity index (χ4n) is 3.82. The van der Waals surface area contributed by atoms with Gasteiger partial charge in [0.1, 0.15) is 11.6 Å². The summed E-state index contributed by atoms with van der Waals surface area (Å²) in [4.78, 5) is 13.1. The number of amides is 1. The SMILES string of the molecule is CC(C)(C)c1ccc(C2=C(C(=O)Nc3ccc(F)cc3F)CCn3cccc32)cc1. The van der Waals surface area contributed by atoms with Crippen LogP contribution in [0.15, 0.2) is 66.4 Å². The molecular weight excluding hydrogens is 382 g/mol.